The minimum absolute atomic E-state index is 0.0127. The smallest absolute Gasteiger partial charge is 0.353 e. The Kier molecular flexibility index (Phi) is 7.74. The number of aromatic nitrogens is 4. The summed E-state index contributed by atoms with van der Waals surface area (Å²) >= 11 is 1.47. The Hall–Kier alpha value is -3.08. The second-order valence-electron chi connectivity index (χ2n) is 11.5. The lowest BCUT2D eigenvalue weighted by Gasteiger charge is -2.47. The predicted octanol–water partition coefficient (Wildman–Crippen LogP) is -2.47. The van der Waals surface area contributed by atoms with E-state index < -0.39 is 17.9 Å². The number of β-lactam (4-membered cyclic amide) rings is 1. The first kappa shape index (κ1) is 28.1. The lowest BCUT2D eigenvalue weighted by Crippen LogP contribution is -2.66. The number of carboxylic acid groups (broad SMARTS) is 1. The van der Waals surface area contributed by atoms with E-state index >= 15 is 0 Å². The number of carbonyl (C=O) groups is 4. The van der Waals surface area contributed by atoms with E-state index in [1.165, 1.54) is 27.7 Å². The molecule has 4 saturated heterocycles. The van der Waals surface area contributed by atoms with Gasteiger partial charge in [0.25, 0.3) is 0 Å². The van der Waals surface area contributed by atoms with Crippen LogP contribution in [-0.4, -0.2) is 139 Å². The first-order valence-electron chi connectivity index (χ1n) is 14.2. The third kappa shape index (κ3) is 5.21. The van der Waals surface area contributed by atoms with Crippen molar-refractivity contribution in [1.29, 1.82) is 0 Å². The van der Waals surface area contributed by atoms with Crippen molar-refractivity contribution in [3.63, 3.8) is 0 Å². The van der Waals surface area contributed by atoms with Gasteiger partial charge in [-0.05, 0) is 23.8 Å². The Morgan fingerprint density at radius 2 is 1.95 bits per heavy atom. The number of carboxylic acids is 1. The fraction of sp³-hybridized carbons (Fsp3) is 0.720. The zero-order chi connectivity index (χ0) is 28.8. The molecule has 41 heavy (non-hydrogen) atoms. The summed E-state index contributed by atoms with van der Waals surface area (Å²) in [6.07, 6.45) is 1.93. The minimum atomic E-state index is -1.14. The number of thioether (sulfide) groups is 1. The molecule has 0 aliphatic carbocycles. The van der Waals surface area contributed by atoms with Crippen LogP contribution in [0.15, 0.2) is 16.9 Å². The number of tetrazole rings is 1. The van der Waals surface area contributed by atoms with Gasteiger partial charge in [0.1, 0.15) is 18.6 Å². The molecule has 16 heteroatoms. The van der Waals surface area contributed by atoms with Crippen molar-refractivity contribution in [3.05, 3.63) is 16.9 Å². The van der Waals surface area contributed by atoms with Crippen LogP contribution in [-0.2, 0) is 25.7 Å². The normalized spacial score (nSPS) is 31.1. The van der Waals surface area contributed by atoms with Crippen molar-refractivity contribution >= 4 is 35.5 Å². The standard InChI is InChI=1S/C25H36N10O5S/c1-13-20-19(14(2)29-18(36)11-34-12-28-30-31-34)24(38)35(20)21(25(39)40)22(13)41-16-7-17(27-10-16)23(37)33-5-3-32(4-6-33)15-8-26-9-15/h12-17,19-20,26-27H,3-11H2,1-2H3,(H,29,36)(H,39,40)/t13-,14?,16+,17+,19-,20-/m1/s1. The lowest BCUT2D eigenvalue weighted by molar-refractivity contribution is -0.158. The van der Waals surface area contributed by atoms with Gasteiger partial charge in [-0.3, -0.25) is 19.3 Å². The first-order chi connectivity index (χ1) is 19.7. The summed E-state index contributed by atoms with van der Waals surface area (Å²) in [5.74, 6) is -2.42. The fourth-order valence-corrected chi connectivity index (χ4v) is 8.18. The van der Waals surface area contributed by atoms with Crippen LogP contribution in [0.5, 0.6) is 0 Å². The summed E-state index contributed by atoms with van der Waals surface area (Å²) in [6.45, 7) is 9.46. The molecule has 222 valence electrons. The van der Waals surface area contributed by atoms with Crippen molar-refractivity contribution in [2.24, 2.45) is 11.8 Å². The molecule has 5 aliphatic heterocycles. The highest BCUT2D eigenvalue weighted by Gasteiger charge is 2.60. The number of rotatable bonds is 9. The average Bonchev–Trinajstić information content (AvgIpc) is 3.64. The molecule has 5 aliphatic rings. The van der Waals surface area contributed by atoms with Crippen molar-refractivity contribution < 1.29 is 24.3 Å². The molecule has 0 radical (unpaired) electrons. The van der Waals surface area contributed by atoms with Gasteiger partial charge in [0.2, 0.25) is 17.7 Å². The van der Waals surface area contributed by atoms with Gasteiger partial charge >= 0.3 is 5.97 Å². The summed E-state index contributed by atoms with van der Waals surface area (Å²) in [6, 6.07) is -0.562. The molecule has 0 saturated carbocycles. The Bertz CT molecular complexity index is 1230. The molecule has 0 aromatic carbocycles. The third-order valence-electron chi connectivity index (χ3n) is 9.00. The largest absolute Gasteiger partial charge is 0.477 e. The summed E-state index contributed by atoms with van der Waals surface area (Å²) in [4.78, 5) is 57.7. The third-order valence-corrected chi connectivity index (χ3v) is 10.5. The van der Waals surface area contributed by atoms with Gasteiger partial charge in [0.05, 0.1) is 18.0 Å². The molecular formula is C25H36N10O5S. The summed E-state index contributed by atoms with van der Waals surface area (Å²) in [7, 11) is 0. The van der Waals surface area contributed by atoms with Gasteiger partial charge in [-0.1, -0.05) is 6.92 Å². The van der Waals surface area contributed by atoms with E-state index in [4.69, 9.17) is 0 Å². The number of aliphatic carboxylic acids is 1. The second-order valence-corrected chi connectivity index (χ2v) is 12.8. The summed E-state index contributed by atoms with van der Waals surface area (Å²) < 4.78 is 1.29. The van der Waals surface area contributed by atoms with Crippen molar-refractivity contribution in [3.8, 4) is 0 Å². The van der Waals surface area contributed by atoms with Crippen LogP contribution in [0.1, 0.15) is 20.3 Å². The van der Waals surface area contributed by atoms with Crippen LogP contribution in [0.4, 0.5) is 0 Å². The topological polar surface area (TPSA) is 178 Å². The van der Waals surface area contributed by atoms with Gasteiger partial charge in [-0.2, -0.15) is 0 Å². The highest BCUT2D eigenvalue weighted by Crippen LogP contribution is 2.51. The SMILES string of the molecule is CC(NC(=O)Cn1cnnn1)[C@H]1C(=O)N2C(C(=O)O)=C(S[C@@H]3CN[C@H](C(=O)N4CCN(C5CNC5)CC4)C3)[C@H](C)[C@H]12. The minimum Gasteiger partial charge on any atom is -0.477 e. The van der Waals surface area contributed by atoms with E-state index in [0.29, 0.717) is 23.9 Å². The van der Waals surface area contributed by atoms with Crippen molar-refractivity contribution in [1.82, 2.24) is 50.9 Å². The van der Waals surface area contributed by atoms with Crippen LogP contribution in [0, 0.1) is 11.8 Å². The van der Waals surface area contributed by atoms with Gasteiger partial charge < -0.3 is 30.9 Å². The van der Waals surface area contributed by atoms with E-state index in [1.54, 1.807) is 6.92 Å². The van der Waals surface area contributed by atoms with Gasteiger partial charge in [0, 0.05) is 74.0 Å². The van der Waals surface area contributed by atoms with Crippen LogP contribution in [0.3, 0.4) is 0 Å². The molecule has 0 spiro atoms. The molecule has 6 atom stereocenters. The molecule has 1 aromatic heterocycles. The fourth-order valence-electron chi connectivity index (χ4n) is 6.71. The number of hydrogen-bond acceptors (Lipinski definition) is 11. The Morgan fingerprint density at radius 1 is 1.20 bits per heavy atom. The number of fused-ring (bicyclic) bond motifs is 1. The zero-order valence-corrected chi connectivity index (χ0v) is 23.9. The highest BCUT2D eigenvalue weighted by molar-refractivity contribution is 8.03. The molecule has 15 nitrogen and oxygen atoms in total. The lowest BCUT2D eigenvalue weighted by atomic mass is 9.78. The molecule has 1 aromatic rings. The number of nitrogens with zero attached hydrogens (tertiary/aromatic N) is 7. The average molecular weight is 589 g/mol. The molecular weight excluding hydrogens is 552 g/mol. The van der Waals surface area contributed by atoms with E-state index in [2.05, 4.69) is 36.4 Å². The molecule has 0 bridgehead atoms. The molecule has 3 amide bonds. The maximum atomic E-state index is 13.3. The molecule has 4 N–H and O–H groups in total. The second kappa shape index (κ2) is 11.3. The first-order valence-corrected chi connectivity index (χ1v) is 15.0. The van der Waals surface area contributed by atoms with E-state index in [0.717, 1.165) is 39.3 Å². The monoisotopic (exact) mass is 588 g/mol. The van der Waals surface area contributed by atoms with Crippen LogP contribution < -0.4 is 16.0 Å². The molecule has 4 fully saturated rings. The zero-order valence-electron chi connectivity index (χ0n) is 23.1. The number of piperazine rings is 1. The van der Waals surface area contributed by atoms with Crippen LogP contribution in [0.2, 0.25) is 0 Å². The Morgan fingerprint density at radius 3 is 2.59 bits per heavy atom. The number of hydrogen-bond donors (Lipinski definition) is 4. The quantitative estimate of drug-likeness (QED) is 0.224. The van der Waals surface area contributed by atoms with E-state index in [9.17, 15) is 24.3 Å². The van der Waals surface area contributed by atoms with Crippen molar-refractivity contribution in [2.75, 3.05) is 45.8 Å². The molecule has 1 unspecified atom stereocenters. The van der Waals surface area contributed by atoms with Crippen LogP contribution in [0.25, 0.3) is 0 Å². The van der Waals surface area contributed by atoms with Crippen LogP contribution >= 0.6 is 11.8 Å². The maximum Gasteiger partial charge on any atom is 0.353 e. The van der Waals surface area contributed by atoms with Gasteiger partial charge in [-0.25, -0.2) is 9.48 Å². The maximum absolute atomic E-state index is 13.3. The Balaban J connectivity index is 1.06. The van der Waals surface area contributed by atoms with E-state index in [1.807, 2.05) is 11.8 Å². The van der Waals surface area contributed by atoms with E-state index in [-0.39, 0.29) is 53.2 Å². The van der Waals surface area contributed by atoms with Gasteiger partial charge in [0.15, 0.2) is 0 Å². The number of amides is 3. The van der Waals surface area contributed by atoms with Gasteiger partial charge in [-0.15, -0.1) is 16.9 Å². The number of carbonyl (C=O) groups excluding carboxylic acids is 3. The number of nitrogens with one attached hydrogen (secondary N) is 3. The molecule has 6 rings (SSSR count). The molecule has 6 heterocycles. The highest BCUT2D eigenvalue weighted by atomic mass is 32.2. The van der Waals surface area contributed by atoms with Crippen molar-refractivity contribution in [2.45, 2.75) is 56.2 Å². The summed E-state index contributed by atoms with van der Waals surface area (Å²) in [5, 5.41) is 30.3. The Labute approximate surface area is 241 Å². The predicted molar refractivity (Wildman–Crippen MR) is 146 cm³/mol. The summed E-state index contributed by atoms with van der Waals surface area (Å²) in [5.41, 5.74) is 0.0253.